The Morgan fingerprint density at radius 1 is 1.26 bits per heavy atom. The van der Waals surface area contributed by atoms with Gasteiger partial charge in [0.2, 0.25) is 5.95 Å². The fourth-order valence-electron chi connectivity index (χ4n) is 1.65. The topological polar surface area (TPSA) is 85.1 Å². The quantitative estimate of drug-likeness (QED) is 0.667. The molecule has 0 aliphatic carbocycles. The molecule has 0 saturated heterocycles. The van der Waals surface area contributed by atoms with Crippen LogP contribution in [-0.4, -0.2) is 35.8 Å². The lowest BCUT2D eigenvalue weighted by molar-refractivity contribution is 0.126. The average molecular weight is 267 g/mol. The van der Waals surface area contributed by atoms with E-state index in [4.69, 9.17) is 10.5 Å². The fraction of sp³-hybridized carbons (Fsp3) is 0.692. The summed E-state index contributed by atoms with van der Waals surface area (Å²) >= 11 is 0. The number of nitrogens with zero attached hydrogens (tertiary/aromatic N) is 2. The molecule has 1 heterocycles. The highest BCUT2D eigenvalue weighted by Gasteiger charge is 2.14. The molecule has 0 aromatic carbocycles. The lowest BCUT2D eigenvalue weighted by Crippen LogP contribution is -2.31. The van der Waals surface area contributed by atoms with Gasteiger partial charge in [-0.25, -0.2) is 0 Å². The van der Waals surface area contributed by atoms with Crippen LogP contribution in [-0.2, 0) is 4.74 Å². The van der Waals surface area contributed by atoms with E-state index in [1.165, 1.54) is 0 Å². The van der Waals surface area contributed by atoms with Crippen molar-refractivity contribution in [2.75, 3.05) is 36.1 Å². The van der Waals surface area contributed by atoms with E-state index < -0.39 is 0 Å². The largest absolute Gasteiger partial charge is 0.380 e. The second-order valence-corrected chi connectivity index (χ2v) is 4.68. The lowest BCUT2D eigenvalue weighted by Gasteiger charge is -2.23. The summed E-state index contributed by atoms with van der Waals surface area (Å²) < 4.78 is 5.48. The SMILES string of the molecule is CCNc1cc(NC(COCC)C(C)C)nc(N)n1. The minimum absolute atomic E-state index is 0.198. The summed E-state index contributed by atoms with van der Waals surface area (Å²) in [7, 11) is 0. The number of ether oxygens (including phenoxy) is 1. The normalized spacial score (nSPS) is 12.5. The van der Waals surface area contributed by atoms with E-state index in [1.54, 1.807) is 0 Å². The molecule has 0 amide bonds. The molecule has 0 saturated carbocycles. The van der Waals surface area contributed by atoms with Gasteiger partial charge in [-0.1, -0.05) is 13.8 Å². The summed E-state index contributed by atoms with van der Waals surface area (Å²) in [6, 6.07) is 2.06. The molecule has 1 aromatic rings. The predicted octanol–water partition coefficient (Wildman–Crippen LogP) is 1.96. The van der Waals surface area contributed by atoms with Gasteiger partial charge in [0.15, 0.2) is 0 Å². The van der Waals surface area contributed by atoms with E-state index in [1.807, 2.05) is 19.9 Å². The Balaban J connectivity index is 2.77. The third kappa shape index (κ3) is 5.30. The Labute approximate surface area is 115 Å². The minimum Gasteiger partial charge on any atom is -0.380 e. The summed E-state index contributed by atoms with van der Waals surface area (Å²) in [5.74, 6) is 2.16. The van der Waals surface area contributed by atoms with Crippen molar-refractivity contribution in [1.29, 1.82) is 0 Å². The molecule has 0 fully saturated rings. The summed E-state index contributed by atoms with van der Waals surface area (Å²) in [5, 5.41) is 6.49. The maximum absolute atomic E-state index is 5.71. The van der Waals surface area contributed by atoms with Crippen molar-refractivity contribution in [3.63, 3.8) is 0 Å². The third-order valence-electron chi connectivity index (χ3n) is 2.74. The molecule has 1 aromatic heterocycles. The molecule has 6 nitrogen and oxygen atoms in total. The van der Waals surface area contributed by atoms with Gasteiger partial charge >= 0.3 is 0 Å². The van der Waals surface area contributed by atoms with Crippen molar-refractivity contribution in [1.82, 2.24) is 9.97 Å². The van der Waals surface area contributed by atoms with Crippen molar-refractivity contribution in [3.05, 3.63) is 6.07 Å². The molecule has 108 valence electrons. The predicted molar refractivity (Wildman–Crippen MR) is 79.3 cm³/mol. The Hall–Kier alpha value is -1.56. The first kappa shape index (κ1) is 15.5. The maximum atomic E-state index is 5.71. The summed E-state index contributed by atoms with van der Waals surface area (Å²) in [5.41, 5.74) is 5.71. The number of aromatic nitrogens is 2. The molecule has 4 N–H and O–H groups in total. The van der Waals surface area contributed by atoms with E-state index in [0.717, 1.165) is 18.2 Å². The van der Waals surface area contributed by atoms with E-state index in [9.17, 15) is 0 Å². The number of rotatable bonds is 8. The number of nitrogens with one attached hydrogen (secondary N) is 2. The van der Waals surface area contributed by atoms with Crippen LogP contribution in [0.1, 0.15) is 27.7 Å². The smallest absolute Gasteiger partial charge is 0.223 e. The molecule has 1 unspecified atom stereocenters. The molecule has 0 bridgehead atoms. The number of nitrogens with two attached hydrogens (primary N) is 1. The van der Waals surface area contributed by atoms with Gasteiger partial charge in [0, 0.05) is 19.2 Å². The van der Waals surface area contributed by atoms with Crippen molar-refractivity contribution >= 4 is 17.6 Å². The van der Waals surface area contributed by atoms with Gasteiger partial charge in [-0.2, -0.15) is 9.97 Å². The highest BCUT2D eigenvalue weighted by atomic mass is 16.5. The lowest BCUT2D eigenvalue weighted by atomic mass is 10.1. The minimum atomic E-state index is 0.198. The maximum Gasteiger partial charge on any atom is 0.223 e. The van der Waals surface area contributed by atoms with Gasteiger partial charge in [-0.15, -0.1) is 0 Å². The molecule has 6 heteroatoms. The number of anilines is 3. The summed E-state index contributed by atoms with van der Waals surface area (Å²) in [6.45, 7) is 10.4. The summed E-state index contributed by atoms with van der Waals surface area (Å²) in [4.78, 5) is 8.33. The van der Waals surface area contributed by atoms with Crippen molar-refractivity contribution in [2.24, 2.45) is 5.92 Å². The van der Waals surface area contributed by atoms with Crippen molar-refractivity contribution in [3.8, 4) is 0 Å². The zero-order valence-electron chi connectivity index (χ0n) is 12.2. The molecule has 0 spiro atoms. The van der Waals surface area contributed by atoms with Gasteiger partial charge in [0.1, 0.15) is 11.6 Å². The van der Waals surface area contributed by atoms with Gasteiger partial charge in [-0.05, 0) is 19.8 Å². The Kier molecular flexibility index (Phi) is 6.35. The van der Waals surface area contributed by atoms with Crippen LogP contribution in [0.2, 0.25) is 0 Å². The standard InChI is InChI=1S/C13H25N5O/c1-5-15-11-7-12(18-13(14)17-11)16-10(9(3)4)8-19-6-2/h7,9-10H,5-6,8H2,1-4H3,(H4,14,15,16,17,18). The second kappa shape index (κ2) is 7.78. The Bertz CT molecular complexity index is 383. The first-order valence-electron chi connectivity index (χ1n) is 6.79. The van der Waals surface area contributed by atoms with Crippen LogP contribution in [0.5, 0.6) is 0 Å². The van der Waals surface area contributed by atoms with Crippen LogP contribution in [0.15, 0.2) is 6.07 Å². The Morgan fingerprint density at radius 3 is 2.53 bits per heavy atom. The molecule has 0 aliphatic heterocycles. The number of nitrogen functional groups attached to an aromatic ring is 1. The zero-order chi connectivity index (χ0) is 14.3. The number of hydrogen-bond donors (Lipinski definition) is 3. The fourth-order valence-corrected chi connectivity index (χ4v) is 1.65. The van der Waals surface area contributed by atoms with Crippen LogP contribution in [0.4, 0.5) is 17.6 Å². The van der Waals surface area contributed by atoms with E-state index >= 15 is 0 Å². The van der Waals surface area contributed by atoms with E-state index in [0.29, 0.717) is 19.1 Å². The molecular weight excluding hydrogens is 242 g/mol. The second-order valence-electron chi connectivity index (χ2n) is 4.68. The molecule has 19 heavy (non-hydrogen) atoms. The van der Waals surface area contributed by atoms with Gasteiger partial charge in [0.05, 0.1) is 12.6 Å². The Morgan fingerprint density at radius 2 is 1.95 bits per heavy atom. The molecular formula is C13H25N5O. The molecule has 0 aliphatic rings. The van der Waals surface area contributed by atoms with Crippen LogP contribution in [0.25, 0.3) is 0 Å². The molecule has 1 rings (SSSR count). The highest BCUT2D eigenvalue weighted by Crippen LogP contribution is 2.16. The van der Waals surface area contributed by atoms with Crippen LogP contribution in [0, 0.1) is 5.92 Å². The van der Waals surface area contributed by atoms with Crippen molar-refractivity contribution in [2.45, 2.75) is 33.7 Å². The summed E-state index contributed by atoms with van der Waals surface area (Å²) in [6.07, 6.45) is 0. The van der Waals surface area contributed by atoms with E-state index in [-0.39, 0.29) is 12.0 Å². The number of hydrogen-bond acceptors (Lipinski definition) is 6. The van der Waals surface area contributed by atoms with Gasteiger partial charge in [-0.3, -0.25) is 0 Å². The zero-order valence-corrected chi connectivity index (χ0v) is 12.2. The van der Waals surface area contributed by atoms with Crippen LogP contribution >= 0.6 is 0 Å². The first-order chi connectivity index (χ1) is 9.06. The third-order valence-corrected chi connectivity index (χ3v) is 2.74. The van der Waals surface area contributed by atoms with E-state index in [2.05, 4.69) is 34.4 Å². The first-order valence-corrected chi connectivity index (χ1v) is 6.79. The van der Waals surface area contributed by atoms with Crippen LogP contribution < -0.4 is 16.4 Å². The van der Waals surface area contributed by atoms with Gasteiger partial charge < -0.3 is 21.1 Å². The van der Waals surface area contributed by atoms with Crippen LogP contribution in [0.3, 0.4) is 0 Å². The molecule has 0 radical (unpaired) electrons. The highest BCUT2D eigenvalue weighted by molar-refractivity contribution is 5.51. The average Bonchev–Trinajstić information content (AvgIpc) is 2.33. The van der Waals surface area contributed by atoms with Gasteiger partial charge in [0.25, 0.3) is 0 Å². The monoisotopic (exact) mass is 267 g/mol. The molecule has 1 atom stereocenters. The van der Waals surface area contributed by atoms with Crippen molar-refractivity contribution < 1.29 is 4.74 Å².